The number of Topliss-reactive ketones (excluding diaryl/α,β-unsaturated/α-hetero) is 1. The number of aryl methyl sites for hydroxylation is 1. The lowest BCUT2D eigenvalue weighted by molar-refractivity contribution is -0.130. The minimum Gasteiger partial charge on any atom is -0.339 e. The monoisotopic (exact) mass is 457 g/mol. The number of anilines is 1. The van der Waals surface area contributed by atoms with Crippen LogP contribution in [0.4, 0.5) is 10.1 Å². The summed E-state index contributed by atoms with van der Waals surface area (Å²) in [5.74, 6) is -0.685. The van der Waals surface area contributed by atoms with Crippen LogP contribution in [0, 0.1) is 5.82 Å². The lowest BCUT2D eigenvalue weighted by atomic mass is 10.1. The highest BCUT2D eigenvalue weighted by Crippen LogP contribution is 2.23. The second-order valence-corrected chi connectivity index (χ2v) is 8.72. The Balaban J connectivity index is 1.43. The van der Waals surface area contributed by atoms with Crippen molar-refractivity contribution in [2.24, 2.45) is 0 Å². The number of para-hydroxylation sites is 1. The molecule has 0 aromatic heterocycles. The Labute approximate surface area is 192 Å². The second kappa shape index (κ2) is 11.2. The Morgan fingerprint density at radius 2 is 1.78 bits per heavy atom. The zero-order valence-electron chi connectivity index (χ0n) is 18.4. The van der Waals surface area contributed by atoms with Crippen molar-refractivity contribution in [2.45, 2.75) is 25.2 Å². The van der Waals surface area contributed by atoms with E-state index in [9.17, 15) is 18.8 Å². The molecule has 6 nitrogen and oxygen atoms in total. The summed E-state index contributed by atoms with van der Waals surface area (Å²) < 4.78 is 14.1. The Bertz CT molecular complexity index is 990. The molecule has 0 saturated carbocycles. The first-order chi connectivity index (χ1) is 15.4. The van der Waals surface area contributed by atoms with E-state index in [2.05, 4.69) is 12.2 Å². The fraction of sp³-hybridized carbons (Fsp3) is 0.375. The normalized spacial score (nSPS) is 14.3. The van der Waals surface area contributed by atoms with Crippen LogP contribution in [0.5, 0.6) is 0 Å². The molecule has 0 aliphatic carbocycles. The van der Waals surface area contributed by atoms with Gasteiger partial charge in [0.15, 0.2) is 5.78 Å². The molecule has 8 heteroatoms. The topological polar surface area (TPSA) is 69.7 Å². The number of halogens is 1. The summed E-state index contributed by atoms with van der Waals surface area (Å²) in [5, 5.41) is 2.98. The molecule has 32 heavy (non-hydrogen) atoms. The second-order valence-electron chi connectivity index (χ2n) is 7.71. The van der Waals surface area contributed by atoms with Gasteiger partial charge in [-0.05, 0) is 37.1 Å². The number of carbonyl (C=O) groups excluding carboxylic acids is 3. The zero-order chi connectivity index (χ0) is 23.1. The average Bonchev–Trinajstić information content (AvgIpc) is 2.78. The Morgan fingerprint density at radius 1 is 1.06 bits per heavy atom. The van der Waals surface area contributed by atoms with E-state index in [1.807, 2.05) is 29.2 Å². The van der Waals surface area contributed by atoms with E-state index < -0.39 is 5.82 Å². The highest BCUT2D eigenvalue weighted by molar-refractivity contribution is 8.00. The summed E-state index contributed by atoms with van der Waals surface area (Å²) in [4.78, 5) is 40.4. The molecule has 2 aromatic carbocycles. The first-order valence-electron chi connectivity index (χ1n) is 10.7. The number of hydrogen-bond acceptors (Lipinski definition) is 5. The van der Waals surface area contributed by atoms with Crippen molar-refractivity contribution in [3.8, 4) is 0 Å². The maximum absolute atomic E-state index is 14.1. The van der Waals surface area contributed by atoms with Crippen molar-refractivity contribution in [1.29, 1.82) is 0 Å². The summed E-state index contributed by atoms with van der Waals surface area (Å²) in [6.45, 7) is 6.01. The van der Waals surface area contributed by atoms with E-state index in [4.69, 9.17) is 0 Å². The Hall–Kier alpha value is -2.71. The number of amides is 2. The molecule has 1 fully saturated rings. The molecular weight excluding hydrogens is 429 g/mol. The van der Waals surface area contributed by atoms with Crippen molar-refractivity contribution >= 4 is 35.0 Å². The molecule has 0 spiro atoms. The smallest absolute Gasteiger partial charge is 0.238 e. The number of nitrogens with zero attached hydrogens (tertiary/aromatic N) is 2. The van der Waals surface area contributed by atoms with Gasteiger partial charge in [0.1, 0.15) is 5.82 Å². The fourth-order valence-corrected chi connectivity index (χ4v) is 4.39. The third kappa shape index (κ3) is 6.40. The van der Waals surface area contributed by atoms with Crippen LogP contribution < -0.4 is 5.32 Å². The van der Waals surface area contributed by atoms with Gasteiger partial charge in [0.25, 0.3) is 0 Å². The predicted octanol–water partition coefficient (Wildman–Crippen LogP) is 3.47. The number of benzene rings is 2. The molecule has 0 unspecified atom stereocenters. The van der Waals surface area contributed by atoms with Crippen LogP contribution in [0.25, 0.3) is 0 Å². The maximum Gasteiger partial charge on any atom is 0.238 e. The van der Waals surface area contributed by atoms with E-state index in [1.165, 1.54) is 19.1 Å². The molecule has 1 aliphatic heterocycles. The summed E-state index contributed by atoms with van der Waals surface area (Å²) in [5.41, 5.74) is 2.26. The van der Waals surface area contributed by atoms with Gasteiger partial charge in [-0.25, -0.2) is 4.39 Å². The van der Waals surface area contributed by atoms with Crippen molar-refractivity contribution in [3.63, 3.8) is 0 Å². The third-order valence-corrected chi connectivity index (χ3v) is 6.49. The van der Waals surface area contributed by atoms with Crippen molar-refractivity contribution in [2.75, 3.05) is 43.8 Å². The Kier molecular flexibility index (Phi) is 8.41. The first-order valence-corrected chi connectivity index (χ1v) is 11.7. The van der Waals surface area contributed by atoms with Crippen LogP contribution in [0.1, 0.15) is 29.8 Å². The lowest BCUT2D eigenvalue weighted by Crippen LogP contribution is -2.50. The summed E-state index contributed by atoms with van der Waals surface area (Å²) in [6.07, 6.45) is 0.847. The predicted molar refractivity (Wildman–Crippen MR) is 125 cm³/mol. The number of nitrogens with one attached hydrogen (secondary N) is 1. The Morgan fingerprint density at radius 3 is 2.44 bits per heavy atom. The maximum atomic E-state index is 14.1. The van der Waals surface area contributed by atoms with Crippen molar-refractivity contribution in [3.05, 3.63) is 59.4 Å². The summed E-state index contributed by atoms with van der Waals surface area (Å²) in [7, 11) is 0. The molecular formula is C24H28FN3O3S. The van der Waals surface area contributed by atoms with Crippen LogP contribution in [-0.2, 0) is 16.0 Å². The molecule has 2 amide bonds. The molecule has 1 aliphatic rings. The third-order valence-electron chi connectivity index (χ3n) is 5.45. The van der Waals surface area contributed by atoms with Gasteiger partial charge in [0.05, 0.1) is 12.3 Å². The van der Waals surface area contributed by atoms with E-state index in [0.717, 1.165) is 29.4 Å². The largest absolute Gasteiger partial charge is 0.339 e. The van der Waals surface area contributed by atoms with E-state index in [0.29, 0.717) is 36.6 Å². The highest BCUT2D eigenvalue weighted by atomic mass is 32.2. The summed E-state index contributed by atoms with van der Waals surface area (Å²) in [6, 6.07) is 12.1. The number of piperazine rings is 1. The van der Waals surface area contributed by atoms with Gasteiger partial charge >= 0.3 is 0 Å². The minimum atomic E-state index is -0.490. The molecule has 1 heterocycles. The number of carbonyl (C=O) groups is 3. The first kappa shape index (κ1) is 23.9. The van der Waals surface area contributed by atoms with Gasteiger partial charge in [-0.15, -0.1) is 11.8 Å². The molecule has 0 atom stereocenters. The van der Waals surface area contributed by atoms with Gasteiger partial charge in [-0.2, -0.15) is 0 Å². The number of thioether (sulfide) groups is 1. The van der Waals surface area contributed by atoms with Gasteiger partial charge in [0.2, 0.25) is 11.8 Å². The number of hydrogen-bond donors (Lipinski definition) is 1. The van der Waals surface area contributed by atoms with E-state index >= 15 is 0 Å². The molecule has 0 radical (unpaired) electrons. The van der Waals surface area contributed by atoms with Gasteiger partial charge < -0.3 is 10.2 Å². The molecule has 3 rings (SSSR count). The van der Waals surface area contributed by atoms with Crippen LogP contribution in [0.2, 0.25) is 0 Å². The van der Waals surface area contributed by atoms with Gasteiger partial charge in [-0.3, -0.25) is 19.3 Å². The lowest BCUT2D eigenvalue weighted by Gasteiger charge is -2.34. The highest BCUT2D eigenvalue weighted by Gasteiger charge is 2.23. The standard InChI is InChI=1S/C24H28FN3O3S/c1-3-18-6-4-5-7-21(18)26-23(30)15-27-10-12-28(13-11-27)24(31)16-32-22-9-8-19(17(2)29)14-20(22)25/h4-9,14H,3,10-13,15-16H2,1-2H3,(H,26,30). The number of rotatable bonds is 8. The fourth-order valence-electron chi connectivity index (χ4n) is 3.57. The van der Waals surface area contributed by atoms with E-state index in [-0.39, 0.29) is 29.9 Å². The van der Waals surface area contributed by atoms with Crippen LogP contribution >= 0.6 is 11.8 Å². The van der Waals surface area contributed by atoms with E-state index in [1.54, 1.807) is 11.0 Å². The summed E-state index contributed by atoms with van der Waals surface area (Å²) >= 11 is 1.13. The SMILES string of the molecule is CCc1ccccc1NC(=O)CN1CCN(C(=O)CSc2ccc(C(C)=O)cc2F)CC1. The van der Waals surface area contributed by atoms with Gasteiger partial charge in [-0.1, -0.05) is 31.2 Å². The molecule has 1 saturated heterocycles. The molecule has 170 valence electrons. The van der Waals surface area contributed by atoms with Crippen LogP contribution in [0.15, 0.2) is 47.4 Å². The van der Waals surface area contributed by atoms with Crippen molar-refractivity contribution < 1.29 is 18.8 Å². The number of ketones is 1. The van der Waals surface area contributed by atoms with Crippen molar-refractivity contribution in [1.82, 2.24) is 9.80 Å². The van der Waals surface area contributed by atoms with Crippen LogP contribution in [-0.4, -0.2) is 65.9 Å². The average molecular weight is 458 g/mol. The van der Waals surface area contributed by atoms with Gasteiger partial charge in [0, 0.05) is 42.3 Å². The molecule has 1 N–H and O–H groups in total. The minimum absolute atomic E-state index is 0.0639. The zero-order valence-corrected chi connectivity index (χ0v) is 19.2. The van der Waals surface area contributed by atoms with Crippen LogP contribution in [0.3, 0.4) is 0 Å². The quantitative estimate of drug-likeness (QED) is 0.486. The molecule has 2 aromatic rings. The molecule has 0 bridgehead atoms.